The first-order chi connectivity index (χ1) is 10.2. The minimum Gasteiger partial charge on any atom is -0.309 e. The Morgan fingerprint density at radius 1 is 1.10 bits per heavy atom. The maximum Gasteiger partial charge on any atom is 0.0411 e. The highest BCUT2D eigenvalue weighted by molar-refractivity contribution is 7.99. The fourth-order valence-corrected chi connectivity index (χ4v) is 3.42. The zero-order valence-corrected chi connectivity index (χ0v) is 15.0. The van der Waals surface area contributed by atoms with Gasteiger partial charge in [-0.15, -0.1) is 0 Å². The van der Waals surface area contributed by atoms with Crippen molar-refractivity contribution < 1.29 is 0 Å². The van der Waals surface area contributed by atoms with Gasteiger partial charge in [0.25, 0.3) is 0 Å². The number of hydrogen-bond acceptors (Lipinski definition) is 3. The molecule has 0 saturated heterocycles. The summed E-state index contributed by atoms with van der Waals surface area (Å²) in [5, 5.41) is 3.69. The van der Waals surface area contributed by atoms with Crippen molar-refractivity contribution in [1.29, 1.82) is 0 Å². The molecule has 0 fully saturated rings. The molecule has 0 heterocycles. The van der Waals surface area contributed by atoms with Crippen molar-refractivity contribution in [2.75, 3.05) is 37.7 Å². The molecule has 1 unspecified atom stereocenters. The Balaban J connectivity index is 2.44. The molecule has 0 aromatic heterocycles. The molecule has 3 heteroatoms. The van der Waals surface area contributed by atoms with Gasteiger partial charge in [-0.3, -0.25) is 0 Å². The van der Waals surface area contributed by atoms with Crippen LogP contribution in [0, 0.1) is 6.92 Å². The van der Waals surface area contributed by atoms with Crippen LogP contribution in [-0.2, 0) is 0 Å². The lowest BCUT2D eigenvalue weighted by Crippen LogP contribution is -2.27. The molecule has 0 saturated carbocycles. The van der Waals surface area contributed by atoms with E-state index in [2.05, 4.69) is 73.9 Å². The number of rotatable bonds is 11. The normalized spacial score (nSPS) is 12.8. The van der Waals surface area contributed by atoms with E-state index in [9.17, 15) is 0 Å². The van der Waals surface area contributed by atoms with Gasteiger partial charge in [0.1, 0.15) is 0 Å². The van der Waals surface area contributed by atoms with E-state index in [1.165, 1.54) is 29.8 Å². The first kappa shape index (κ1) is 18.5. The Hall–Kier alpha value is -0.510. The molecular weight excluding hydrogens is 276 g/mol. The Morgan fingerprint density at radius 2 is 1.76 bits per heavy atom. The van der Waals surface area contributed by atoms with Crippen molar-refractivity contribution in [2.24, 2.45) is 0 Å². The fraction of sp³-hybridized carbons (Fsp3) is 0.667. The van der Waals surface area contributed by atoms with E-state index in [1.54, 1.807) is 0 Å². The maximum atomic E-state index is 3.69. The molecule has 21 heavy (non-hydrogen) atoms. The topological polar surface area (TPSA) is 15.3 Å². The van der Waals surface area contributed by atoms with Crippen LogP contribution in [0.15, 0.2) is 24.3 Å². The number of aryl methyl sites for hydroxylation is 1. The van der Waals surface area contributed by atoms with Crippen LogP contribution in [0.2, 0.25) is 0 Å². The molecule has 0 aliphatic carbocycles. The Labute approximate surface area is 135 Å². The zero-order valence-electron chi connectivity index (χ0n) is 14.2. The van der Waals surface area contributed by atoms with E-state index in [-0.39, 0.29) is 0 Å². The van der Waals surface area contributed by atoms with E-state index in [0.717, 1.165) is 25.4 Å². The van der Waals surface area contributed by atoms with Crippen molar-refractivity contribution >= 4 is 11.8 Å². The van der Waals surface area contributed by atoms with Crippen LogP contribution in [0.1, 0.15) is 44.4 Å². The van der Waals surface area contributed by atoms with Gasteiger partial charge in [-0.25, -0.2) is 0 Å². The Bertz CT molecular complexity index is 360. The van der Waals surface area contributed by atoms with E-state index in [4.69, 9.17) is 0 Å². The SMILES string of the molecule is CCCNC(CSCCN(CC)CC)c1ccc(C)cc1. The molecule has 1 rings (SSSR count). The van der Waals surface area contributed by atoms with Crippen LogP contribution in [0.25, 0.3) is 0 Å². The van der Waals surface area contributed by atoms with Gasteiger partial charge < -0.3 is 10.2 Å². The standard InChI is InChI=1S/C18H32N2S/c1-5-12-19-18(17-10-8-16(4)9-11-17)15-21-14-13-20(6-2)7-3/h8-11,18-19H,5-7,12-15H2,1-4H3. The van der Waals surface area contributed by atoms with Gasteiger partial charge in [0.15, 0.2) is 0 Å². The summed E-state index contributed by atoms with van der Waals surface area (Å²) < 4.78 is 0. The molecule has 1 aromatic rings. The molecule has 1 aromatic carbocycles. The summed E-state index contributed by atoms with van der Waals surface area (Å²) in [6, 6.07) is 9.46. The fourth-order valence-electron chi connectivity index (χ4n) is 2.32. The van der Waals surface area contributed by atoms with Gasteiger partial charge in [0.2, 0.25) is 0 Å². The monoisotopic (exact) mass is 308 g/mol. The number of hydrogen-bond donors (Lipinski definition) is 1. The van der Waals surface area contributed by atoms with Crippen molar-refractivity contribution in [3.63, 3.8) is 0 Å². The van der Waals surface area contributed by atoms with Gasteiger partial charge in [0, 0.05) is 24.1 Å². The molecule has 0 bridgehead atoms. The first-order valence-electron chi connectivity index (χ1n) is 8.31. The predicted molar refractivity (Wildman–Crippen MR) is 97.3 cm³/mol. The van der Waals surface area contributed by atoms with E-state index >= 15 is 0 Å². The van der Waals surface area contributed by atoms with Gasteiger partial charge >= 0.3 is 0 Å². The molecule has 1 N–H and O–H groups in total. The molecule has 2 nitrogen and oxygen atoms in total. The molecule has 1 atom stereocenters. The third kappa shape index (κ3) is 7.35. The molecule has 120 valence electrons. The van der Waals surface area contributed by atoms with Crippen LogP contribution >= 0.6 is 11.8 Å². The highest BCUT2D eigenvalue weighted by atomic mass is 32.2. The highest BCUT2D eigenvalue weighted by Crippen LogP contribution is 2.19. The Morgan fingerprint density at radius 3 is 2.33 bits per heavy atom. The average molecular weight is 309 g/mol. The largest absolute Gasteiger partial charge is 0.309 e. The van der Waals surface area contributed by atoms with Gasteiger partial charge in [-0.1, -0.05) is 50.6 Å². The predicted octanol–water partition coefficient (Wildman–Crippen LogP) is 4.11. The van der Waals surface area contributed by atoms with Crippen molar-refractivity contribution in [3.8, 4) is 0 Å². The van der Waals surface area contributed by atoms with Crippen LogP contribution in [0.3, 0.4) is 0 Å². The summed E-state index contributed by atoms with van der Waals surface area (Å²) in [5.74, 6) is 2.38. The number of nitrogens with one attached hydrogen (secondary N) is 1. The second-order valence-electron chi connectivity index (χ2n) is 5.52. The summed E-state index contributed by atoms with van der Waals surface area (Å²) in [4.78, 5) is 2.49. The van der Waals surface area contributed by atoms with E-state index < -0.39 is 0 Å². The van der Waals surface area contributed by atoms with E-state index in [0.29, 0.717) is 6.04 Å². The van der Waals surface area contributed by atoms with Gasteiger partial charge in [-0.2, -0.15) is 11.8 Å². The van der Waals surface area contributed by atoms with Gasteiger partial charge in [0.05, 0.1) is 0 Å². The van der Waals surface area contributed by atoms with E-state index in [1.807, 2.05) is 0 Å². The molecule has 0 aliphatic heterocycles. The van der Waals surface area contributed by atoms with Crippen molar-refractivity contribution in [1.82, 2.24) is 10.2 Å². The smallest absolute Gasteiger partial charge is 0.0411 e. The minimum atomic E-state index is 0.479. The molecular formula is C18H32N2S. The maximum absolute atomic E-state index is 3.69. The minimum absolute atomic E-state index is 0.479. The van der Waals surface area contributed by atoms with Crippen LogP contribution < -0.4 is 5.32 Å². The van der Waals surface area contributed by atoms with Crippen molar-refractivity contribution in [3.05, 3.63) is 35.4 Å². The van der Waals surface area contributed by atoms with Crippen LogP contribution in [0.5, 0.6) is 0 Å². The summed E-state index contributed by atoms with van der Waals surface area (Å²) in [7, 11) is 0. The van der Waals surface area contributed by atoms with Crippen LogP contribution in [-0.4, -0.2) is 42.6 Å². The second kappa shape index (κ2) is 11.1. The number of nitrogens with zero attached hydrogens (tertiary/aromatic N) is 1. The molecule has 0 spiro atoms. The lowest BCUT2D eigenvalue weighted by atomic mass is 10.1. The quantitative estimate of drug-likeness (QED) is 0.619. The summed E-state index contributed by atoms with van der Waals surface area (Å²) in [6.07, 6.45) is 1.19. The lowest BCUT2D eigenvalue weighted by Gasteiger charge is -2.21. The average Bonchev–Trinajstić information content (AvgIpc) is 2.51. The third-order valence-corrected chi connectivity index (χ3v) is 4.89. The molecule has 0 amide bonds. The summed E-state index contributed by atoms with van der Waals surface area (Å²) >= 11 is 2.07. The lowest BCUT2D eigenvalue weighted by molar-refractivity contribution is 0.324. The summed E-state index contributed by atoms with van der Waals surface area (Å²) in [6.45, 7) is 13.5. The van der Waals surface area contributed by atoms with Crippen molar-refractivity contribution in [2.45, 2.75) is 40.2 Å². The number of thioether (sulfide) groups is 1. The van der Waals surface area contributed by atoms with Crippen LogP contribution in [0.4, 0.5) is 0 Å². The first-order valence-corrected chi connectivity index (χ1v) is 9.46. The highest BCUT2D eigenvalue weighted by Gasteiger charge is 2.10. The zero-order chi connectivity index (χ0) is 15.5. The molecule has 0 radical (unpaired) electrons. The molecule has 0 aliphatic rings. The second-order valence-corrected chi connectivity index (χ2v) is 6.67. The third-order valence-electron chi connectivity index (χ3n) is 3.85. The van der Waals surface area contributed by atoms with Gasteiger partial charge in [-0.05, 0) is 38.5 Å². The number of benzene rings is 1. The Kier molecular flexibility index (Phi) is 9.81. The summed E-state index contributed by atoms with van der Waals surface area (Å²) in [5.41, 5.74) is 2.76.